The minimum Gasteiger partial charge on any atom is -0.416 e. The molecule has 1 aliphatic heterocycles. The van der Waals surface area contributed by atoms with E-state index in [1.165, 1.54) is 22.9 Å². The van der Waals surface area contributed by atoms with Crippen molar-refractivity contribution < 1.29 is 9.53 Å². The summed E-state index contributed by atoms with van der Waals surface area (Å²) in [6.07, 6.45) is 13.0. The molecular formula is C17H19NO2S. The minimum absolute atomic E-state index is 0.244. The monoisotopic (exact) mass is 301 g/mol. The third-order valence-electron chi connectivity index (χ3n) is 3.62. The molecule has 1 aromatic rings. The molecule has 0 amide bonds. The van der Waals surface area contributed by atoms with Crippen molar-refractivity contribution in [2.45, 2.75) is 26.3 Å². The number of allylic oxidation sites excluding steroid dienone is 4. The molecule has 0 saturated heterocycles. The van der Waals surface area contributed by atoms with Crippen LogP contribution in [0.4, 0.5) is 0 Å². The van der Waals surface area contributed by atoms with Crippen molar-refractivity contribution in [1.29, 1.82) is 0 Å². The molecule has 0 atom stereocenters. The third-order valence-corrected chi connectivity index (χ3v) is 4.74. The van der Waals surface area contributed by atoms with Crippen molar-refractivity contribution in [3.63, 3.8) is 0 Å². The summed E-state index contributed by atoms with van der Waals surface area (Å²) in [5, 5.41) is 0.728. The molecule has 0 bridgehead atoms. The van der Waals surface area contributed by atoms with Gasteiger partial charge in [0.1, 0.15) is 0 Å². The molecule has 3 rings (SSSR count). The Hall–Kier alpha value is -1.65. The Morgan fingerprint density at radius 1 is 1.43 bits per heavy atom. The molecule has 110 valence electrons. The molecule has 0 saturated carbocycles. The van der Waals surface area contributed by atoms with Crippen LogP contribution in [-0.4, -0.2) is 24.0 Å². The molecule has 3 nitrogen and oxygen atoms in total. The average Bonchev–Trinajstić information content (AvgIpc) is 2.65. The first-order valence-corrected chi connectivity index (χ1v) is 8.07. The number of hydrogen-bond acceptors (Lipinski definition) is 4. The van der Waals surface area contributed by atoms with Gasteiger partial charge in [0.25, 0.3) is 0 Å². The number of fused-ring (bicyclic) bond motifs is 1. The van der Waals surface area contributed by atoms with E-state index < -0.39 is 0 Å². The number of ether oxygens (including phenoxy) is 1. The molecule has 0 aromatic carbocycles. The Morgan fingerprint density at radius 3 is 3.19 bits per heavy atom. The Morgan fingerprint density at radius 2 is 2.33 bits per heavy atom. The van der Waals surface area contributed by atoms with Crippen LogP contribution < -0.4 is 4.74 Å². The first kappa shape index (κ1) is 14.3. The van der Waals surface area contributed by atoms with Gasteiger partial charge in [-0.25, -0.2) is 0 Å². The lowest BCUT2D eigenvalue weighted by Gasteiger charge is -2.26. The van der Waals surface area contributed by atoms with Crippen molar-refractivity contribution >= 4 is 17.3 Å². The molecule has 21 heavy (non-hydrogen) atoms. The van der Waals surface area contributed by atoms with E-state index in [0.29, 0.717) is 0 Å². The summed E-state index contributed by atoms with van der Waals surface area (Å²) in [6, 6.07) is 2.02. The van der Waals surface area contributed by atoms with Crippen LogP contribution in [0.3, 0.4) is 0 Å². The second kappa shape index (κ2) is 6.41. The van der Waals surface area contributed by atoms with Crippen LogP contribution in [0.15, 0.2) is 42.0 Å². The molecule has 0 radical (unpaired) electrons. The number of rotatable bonds is 3. The zero-order chi connectivity index (χ0) is 14.7. The first-order chi connectivity index (χ1) is 10.2. The summed E-state index contributed by atoms with van der Waals surface area (Å²) in [5.41, 5.74) is 2.65. The maximum Gasteiger partial charge on any atom is 0.308 e. The van der Waals surface area contributed by atoms with Crippen molar-refractivity contribution in [2.75, 3.05) is 13.1 Å². The molecular weight excluding hydrogens is 282 g/mol. The molecule has 1 aromatic heterocycles. The summed E-state index contributed by atoms with van der Waals surface area (Å²) >= 11 is 1.61. The molecule has 0 spiro atoms. The number of nitrogens with zero attached hydrogens (tertiary/aromatic N) is 1. The summed E-state index contributed by atoms with van der Waals surface area (Å²) in [4.78, 5) is 14.8. The van der Waals surface area contributed by atoms with E-state index in [1.807, 2.05) is 6.07 Å². The fourth-order valence-electron chi connectivity index (χ4n) is 2.68. The van der Waals surface area contributed by atoms with Crippen LogP contribution in [0.2, 0.25) is 0 Å². The smallest absolute Gasteiger partial charge is 0.308 e. The highest BCUT2D eigenvalue weighted by molar-refractivity contribution is 7.14. The van der Waals surface area contributed by atoms with Gasteiger partial charge in [0, 0.05) is 31.4 Å². The molecule has 2 heterocycles. The Labute approximate surface area is 129 Å². The highest BCUT2D eigenvalue weighted by Crippen LogP contribution is 2.33. The van der Waals surface area contributed by atoms with Crippen LogP contribution in [-0.2, 0) is 17.8 Å². The van der Waals surface area contributed by atoms with Gasteiger partial charge in [0.15, 0.2) is 5.06 Å². The second-order valence-corrected chi connectivity index (χ2v) is 6.48. The van der Waals surface area contributed by atoms with Gasteiger partial charge in [0.05, 0.1) is 0 Å². The number of esters is 1. The zero-order valence-electron chi connectivity index (χ0n) is 12.2. The van der Waals surface area contributed by atoms with Crippen molar-refractivity contribution in [3.8, 4) is 5.06 Å². The number of carbonyl (C=O) groups excluding carboxylic acids is 1. The van der Waals surface area contributed by atoms with Gasteiger partial charge in [-0.15, -0.1) is 11.3 Å². The SMILES string of the molecule is CC(=O)Oc1cc2c(s1)CCN(CC1=CC=CCC=C1)C2. The highest BCUT2D eigenvalue weighted by atomic mass is 32.1. The van der Waals surface area contributed by atoms with Gasteiger partial charge < -0.3 is 4.74 Å². The third kappa shape index (κ3) is 3.71. The quantitative estimate of drug-likeness (QED) is 0.801. The molecule has 1 aliphatic carbocycles. The Kier molecular flexibility index (Phi) is 4.36. The van der Waals surface area contributed by atoms with Crippen molar-refractivity contribution in [3.05, 3.63) is 52.5 Å². The molecule has 0 fully saturated rings. The molecule has 4 heteroatoms. The Bertz CT molecular complexity index is 625. The number of carbonyl (C=O) groups is 1. The molecule has 0 unspecified atom stereocenters. The van der Waals surface area contributed by atoms with Gasteiger partial charge in [-0.3, -0.25) is 9.69 Å². The summed E-state index contributed by atoms with van der Waals surface area (Å²) in [7, 11) is 0. The topological polar surface area (TPSA) is 29.5 Å². The van der Waals surface area contributed by atoms with Gasteiger partial charge >= 0.3 is 5.97 Å². The van der Waals surface area contributed by atoms with E-state index in [4.69, 9.17) is 4.74 Å². The van der Waals surface area contributed by atoms with Crippen LogP contribution in [0.5, 0.6) is 5.06 Å². The number of thiophene rings is 1. The van der Waals surface area contributed by atoms with Crippen LogP contribution in [0.25, 0.3) is 0 Å². The van der Waals surface area contributed by atoms with Gasteiger partial charge in [-0.05, 0) is 30.0 Å². The lowest BCUT2D eigenvalue weighted by Crippen LogP contribution is -2.31. The van der Waals surface area contributed by atoms with Crippen LogP contribution in [0.1, 0.15) is 23.8 Å². The largest absolute Gasteiger partial charge is 0.416 e. The first-order valence-electron chi connectivity index (χ1n) is 7.25. The van der Waals surface area contributed by atoms with Crippen LogP contribution >= 0.6 is 11.3 Å². The van der Waals surface area contributed by atoms with E-state index in [2.05, 4.69) is 35.3 Å². The molecule has 2 aliphatic rings. The van der Waals surface area contributed by atoms with E-state index in [9.17, 15) is 4.79 Å². The maximum atomic E-state index is 11.0. The number of hydrogen-bond donors (Lipinski definition) is 0. The predicted molar refractivity (Wildman–Crippen MR) is 85.6 cm³/mol. The highest BCUT2D eigenvalue weighted by Gasteiger charge is 2.20. The molecule has 0 N–H and O–H groups in total. The van der Waals surface area contributed by atoms with Gasteiger partial charge in [-0.2, -0.15) is 0 Å². The standard InChI is InChI=1S/C17H19NO2S/c1-13(19)20-17-10-15-12-18(9-8-16(15)21-17)11-14-6-4-2-3-5-7-14/h2,4-7,10H,3,8-9,11-12H2,1H3. The normalized spacial score (nSPS) is 18.0. The fraction of sp³-hybridized carbons (Fsp3) is 0.353. The lowest BCUT2D eigenvalue weighted by molar-refractivity contribution is -0.131. The predicted octanol–water partition coefficient (Wildman–Crippen LogP) is 3.47. The summed E-state index contributed by atoms with van der Waals surface area (Å²) in [5.74, 6) is -0.244. The lowest BCUT2D eigenvalue weighted by atomic mass is 10.1. The van der Waals surface area contributed by atoms with Crippen LogP contribution in [0, 0.1) is 0 Å². The van der Waals surface area contributed by atoms with Gasteiger partial charge in [-0.1, -0.05) is 30.4 Å². The average molecular weight is 301 g/mol. The second-order valence-electron chi connectivity index (χ2n) is 5.38. The van der Waals surface area contributed by atoms with Crippen molar-refractivity contribution in [1.82, 2.24) is 4.90 Å². The zero-order valence-corrected chi connectivity index (χ0v) is 13.0. The summed E-state index contributed by atoms with van der Waals surface area (Å²) in [6.45, 7) is 4.41. The Balaban J connectivity index is 1.66. The van der Waals surface area contributed by atoms with E-state index in [-0.39, 0.29) is 5.97 Å². The van der Waals surface area contributed by atoms with E-state index in [0.717, 1.165) is 37.5 Å². The minimum atomic E-state index is -0.244. The van der Waals surface area contributed by atoms with E-state index >= 15 is 0 Å². The van der Waals surface area contributed by atoms with Crippen molar-refractivity contribution in [2.24, 2.45) is 0 Å². The fourth-order valence-corrected chi connectivity index (χ4v) is 3.73. The maximum absolute atomic E-state index is 11.0. The summed E-state index contributed by atoms with van der Waals surface area (Å²) < 4.78 is 5.20. The van der Waals surface area contributed by atoms with Gasteiger partial charge in [0.2, 0.25) is 0 Å². The van der Waals surface area contributed by atoms with E-state index in [1.54, 1.807) is 11.3 Å².